The highest BCUT2D eigenvalue weighted by Gasteiger charge is 2.58. The number of piperidine rings is 2. The lowest BCUT2D eigenvalue weighted by atomic mass is 9.80. The molecule has 12 rings (SSSR count). The molecule has 7 amide bonds. The van der Waals surface area contributed by atoms with Crippen LogP contribution in [0.2, 0.25) is 0 Å². The van der Waals surface area contributed by atoms with E-state index in [0.29, 0.717) is 39.0 Å². The lowest BCUT2D eigenvalue weighted by molar-refractivity contribution is -0.341. The monoisotopic (exact) mass is 2080 g/mol. The van der Waals surface area contributed by atoms with Crippen LogP contribution in [0.5, 0.6) is 0 Å². The van der Waals surface area contributed by atoms with Crippen LogP contribution < -0.4 is 60.5 Å². The third-order valence-electron chi connectivity index (χ3n) is 28.8. The van der Waals surface area contributed by atoms with Gasteiger partial charge in [-0.05, 0) is 103 Å². The fraction of sp³-hybridized carbons (Fsp3) is 0.832. The van der Waals surface area contributed by atoms with Gasteiger partial charge in [0.15, 0.2) is 30.9 Å². The number of ether oxygens (including phenoxy) is 16. The van der Waals surface area contributed by atoms with Gasteiger partial charge in [-0.15, -0.1) is 0 Å². The molecule has 51 nitrogen and oxygen atoms in total. The van der Waals surface area contributed by atoms with Crippen LogP contribution in [0, 0.1) is 29.6 Å². The molecule has 8 heterocycles. The summed E-state index contributed by atoms with van der Waals surface area (Å²) in [6, 6.07) is -2.92. The summed E-state index contributed by atoms with van der Waals surface area (Å²) < 4.78 is 100. The van der Waals surface area contributed by atoms with Crippen LogP contribution in [0.1, 0.15) is 183 Å². The van der Waals surface area contributed by atoms with Crippen LogP contribution in [0.4, 0.5) is 0 Å². The largest absolute Gasteiger partial charge is 0.394 e. The number of aromatic nitrogens is 4. The van der Waals surface area contributed by atoms with Crippen molar-refractivity contribution in [3.05, 3.63) is 65.2 Å². The predicted molar refractivity (Wildman–Crippen MR) is 506 cm³/mol. The predicted octanol–water partition coefficient (Wildman–Crippen LogP) is -6.71. The minimum absolute atomic E-state index is 0.00217. The first-order chi connectivity index (χ1) is 70.3. The van der Waals surface area contributed by atoms with Crippen molar-refractivity contribution in [2.24, 2.45) is 41.1 Å². The Labute approximate surface area is 843 Å². The van der Waals surface area contributed by atoms with Crippen molar-refractivity contribution < 1.29 is 165 Å². The van der Waals surface area contributed by atoms with Gasteiger partial charge in [-0.3, -0.25) is 57.9 Å². The van der Waals surface area contributed by atoms with Crippen LogP contribution in [-0.2, 0) is 105 Å². The Morgan fingerprint density at radius 2 is 0.822 bits per heavy atom. The number of Topliss-reactive ketones (excluding diaryl/α,β-unsaturated/α-hetero) is 1. The average molecular weight is 2090 g/mol. The number of carbonyl (C=O) groups excluding carboxylic acids is 8. The zero-order chi connectivity index (χ0) is 105. The number of nitrogens with zero attached hydrogens (tertiary/aromatic N) is 2. The molecule has 10 aliphatic rings. The van der Waals surface area contributed by atoms with E-state index >= 15 is 4.79 Å². The molecular formula is C95H153N13O38. The Kier molecular flexibility index (Phi) is 47.0. The van der Waals surface area contributed by atoms with Gasteiger partial charge in [0.1, 0.15) is 122 Å². The highest BCUT2D eigenvalue weighted by molar-refractivity contribution is 5.93. The topological polar surface area (TPSA) is 737 Å². The Bertz CT molecular complexity index is 4300. The first kappa shape index (κ1) is 117. The van der Waals surface area contributed by atoms with Gasteiger partial charge >= 0.3 is 11.4 Å². The fourth-order valence-corrected chi connectivity index (χ4v) is 21.0. The number of likely N-dealkylation sites (tertiary alicyclic amines) is 2. The molecule has 146 heavy (non-hydrogen) atoms. The number of hydrogen-bond donors (Lipinski definition) is 21. The Balaban J connectivity index is 0.741. The highest BCUT2D eigenvalue weighted by atomic mass is 16.8. The Morgan fingerprint density at radius 3 is 1.25 bits per heavy atom. The van der Waals surface area contributed by atoms with E-state index < -0.39 is 285 Å². The molecule has 4 aliphatic carbocycles. The van der Waals surface area contributed by atoms with E-state index in [0.717, 1.165) is 102 Å². The van der Waals surface area contributed by atoms with Crippen molar-refractivity contribution in [1.82, 2.24) is 56.3 Å². The molecule has 6 aliphatic heterocycles. The minimum Gasteiger partial charge on any atom is -0.394 e. The molecule has 0 bridgehead atoms. The van der Waals surface area contributed by atoms with Gasteiger partial charge in [0, 0.05) is 88.7 Å². The first-order valence-electron chi connectivity index (χ1n) is 51.6. The second kappa shape index (κ2) is 58.7. The van der Waals surface area contributed by atoms with Crippen molar-refractivity contribution in [3.8, 4) is 0 Å². The van der Waals surface area contributed by atoms with Gasteiger partial charge in [0.25, 0.3) is 34.7 Å². The maximum absolute atomic E-state index is 15.0. The first-order valence-corrected chi connectivity index (χ1v) is 51.6. The number of H-pyrrole nitrogens is 4. The fourth-order valence-electron chi connectivity index (χ4n) is 21.0. The maximum atomic E-state index is 15.0. The molecule has 2 aromatic heterocycles. The standard InChI is InChI=1S/C95H153N13O38/c1-50-72(115)76(119)78(121)92(137-50)145-81-58(100-86(125)60-44-68(112)105-94(129)102-60)39-54(84(123)98-21-29-131-27-19-96)41-62(81)141-90-57(80(74(117)66(46-109)143-90)139-64(37-52-15-7-3-8-16-52)88(127)107-23-11-5-12-24-107)43-56(111)48-135-35-33-133-31-32-134-34-36-136-49-70(114)104-71-83(140-65(38-53-17-9-4-10-18-53)89(128)108-25-13-6-14-26-108)75(118)67(47-110)144-91(71)142-63-42-55(85(124)99-22-30-132-28-20-97)40-59(101-87(126)61-45-69(113)106-95(130)103-61)82(63)146-93-79(122)77(120)73(116)51(2)138-93/h44-45,50-55,57-59,62-67,71-83,90-93,109-110,115-122H,3-43,46-49,96-97H2,1-2H3,(H,98,123)(H,99,124)(H,100,125)(H,101,126)(H,104,114)(H2,102,105,112,129)(H2,103,106,113,130)/t50-,51-,54+,55+,57+,58-,59-,62+,63+,64-,65-,66+,67+,71+,72+,73+,74-,75-,76+,77+,78-,79-,80+,81+,82+,83+,90+,91+,92-,93-/m0/s1. The van der Waals surface area contributed by atoms with E-state index in [1.165, 1.54) is 13.8 Å². The zero-order valence-corrected chi connectivity index (χ0v) is 82.9. The van der Waals surface area contributed by atoms with E-state index in [9.17, 15) is 104 Å². The van der Waals surface area contributed by atoms with Crippen molar-refractivity contribution in [3.63, 3.8) is 0 Å². The molecule has 0 radical (unpaired) electrons. The van der Waals surface area contributed by atoms with Gasteiger partial charge in [0.2, 0.25) is 17.7 Å². The zero-order valence-electron chi connectivity index (χ0n) is 82.9. The SMILES string of the molecule is C[C@@H]1O[C@@H](O[C@@H]2[C@@H](NC(=O)c3cc(=O)[nH]c(=O)[nH]3)C[C@@H](C(=O)NCCOCCN)C[C@H]2O[C@@H]2O[C@H](CO)[C@H](O)[C@H](O[C@@H](CC3CCCCC3)C(=O)N3CCCCC3)[C@H]2CC(=O)COCCOCCOCCOCC(=O)N[C@H]2[C@H](O[C@@H]3C[C@H](C(=O)NCCOCCN)C[C@H](NC(=O)c4cc(=O)[nH]c(=O)[nH]4)[C@H]3O[C@@H]3O[C@@H](C)[C@@H](O)[C@@H](O)[C@@H]3O)O[C@H](CO)[C@H](O)[C@@H]2O[C@@H](CC2CCCCC2)C(=O)N2CCCCC2)[C@@H](O)[C@H](O)[C@@H]1O. The van der Waals surface area contributed by atoms with Crippen LogP contribution >= 0.6 is 0 Å². The van der Waals surface area contributed by atoms with Gasteiger partial charge in [-0.25, -0.2) is 9.59 Å². The van der Waals surface area contributed by atoms with E-state index in [-0.39, 0.29) is 154 Å². The normalized spacial score (nSPS) is 32.8. The van der Waals surface area contributed by atoms with Crippen molar-refractivity contribution in [1.29, 1.82) is 0 Å². The summed E-state index contributed by atoms with van der Waals surface area (Å²) in [6.07, 6.45) is -27.5. The third kappa shape index (κ3) is 33.4. The molecule has 0 aromatic carbocycles. The van der Waals surface area contributed by atoms with Crippen molar-refractivity contribution >= 4 is 47.1 Å². The van der Waals surface area contributed by atoms with Gasteiger partial charge in [-0.1, -0.05) is 64.2 Å². The molecule has 30 atom stereocenters. The van der Waals surface area contributed by atoms with Gasteiger partial charge in [0.05, 0.1) is 122 Å². The summed E-state index contributed by atoms with van der Waals surface area (Å²) in [6.45, 7) is 1.29. The number of aliphatic hydroxyl groups is 10. The number of aromatic amines is 4. The third-order valence-corrected chi connectivity index (χ3v) is 28.8. The molecule has 0 unspecified atom stereocenters. The summed E-state index contributed by atoms with van der Waals surface area (Å²) in [5.41, 5.74) is 6.22. The lowest BCUT2D eigenvalue weighted by Gasteiger charge is -2.49. The van der Waals surface area contributed by atoms with E-state index in [2.05, 4.69) is 36.6 Å². The van der Waals surface area contributed by atoms with Crippen LogP contribution in [0.25, 0.3) is 0 Å². The summed E-state index contributed by atoms with van der Waals surface area (Å²) in [4.78, 5) is 180. The van der Waals surface area contributed by atoms with E-state index in [1.54, 1.807) is 9.80 Å². The molecule has 6 saturated heterocycles. The lowest BCUT2D eigenvalue weighted by Crippen LogP contribution is -2.68. The number of nitrogens with two attached hydrogens (primary N) is 2. The van der Waals surface area contributed by atoms with Crippen LogP contribution in [0.3, 0.4) is 0 Å². The molecule has 23 N–H and O–H groups in total. The van der Waals surface area contributed by atoms with Crippen molar-refractivity contribution in [2.75, 3.05) is 145 Å². The van der Waals surface area contributed by atoms with Gasteiger partial charge in [-0.2, -0.15) is 0 Å². The summed E-state index contributed by atoms with van der Waals surface area (Å²) in [7, 11) is 0. The quantitative estimate of drug-likeness (QED) is 0.0274. The van der Waals surface area contributed by atoms with E-state index in [4.69, 9.17) is 87.3 Å². The molecule has 2 aromatic rings. The van der Waals surface area contributed by atoms with Crippen molar-refractivity contribution in [2.45, 2.75) is 327 Å². The van der Waals surface area contributed by atoms with Gasteiger partial charge < -0.3 is 185 Å². The number of amides is 7. The smallest absolute Gasteiger partial charge is 0.326 e. The molecule has 51 heteroatoms. The summed E-state index contributed by atoms with van der Waals surface area (Å²) >= 11 is 0. The molecule has 4 saturated carbocycles. The second-order valence-corrected chi connectivity index (χ2v) is 39.5. The highest BCUT2D eigenvalue weighted by Crippen LogP contribution is 2.43. The number of aliphatic hydroxyl groups excluding tert-OH is 10. The minimum atomic E-state index is -1.99. The summed E-state index contributed by atoms with van der Waals surface area (Å²) in [5, 5.41) is 128. The van der Waals surface area contributed by atoms with Crippen LogP contribution in [-0.4, -0.2) is 438 Å². The Hall–Kier alpha value is -7.80. The average Bonchev–Trinajstić information content (AvgIpc) is 0.769. The second-order valence-electron chi connectivity index (χ2n) is 39.5. The summed E-state index contributed by atoms with van der Waals surface area (Å²) in [5.74, 6) is -9.26. The number of nitrogens with one attached hydrogen (secondary N) is 9. The molecular weight excluding hydrogens is 1930 g/mol. The number of ketones is 1. The number of carbonyl (C=O) groups is 8. The maximum Gasteiger partial charge on any atom is 0.326 e. The number of rotatable bonds is 52. The van der Waals surface area contributed by atoms with Crippen LogP contribution in [0.15, 0.2) is 31.3 Å². The number of hydrogen-bond acceptors (Lipinski definition) is 40. The molecule has 826 valence electrons. The Morgan fingerprint density at radius 1 is 0.425 bits per heavy atom. The van der Waals surface area contributed by atoms with E-state index in [1.807, 2.05) is 9.97 Å². The molecule has 0 spiro atoms. The molecule has 10 fully saturated rings.